The summed E-state index contributed by atoms with van der Waals surface area (Å²) in [6.45, 7) is 3.09. The summed E-state index contributed by atoms with van der Waals surface area (Å²) in [6.07, 6.45) is 0. The number of benzene rings is 3. The van der Waals surface area contributed by atoms with Crippen LogP contribution in [-0.2, 0) is 13.2 Å². The zero-order valence-electron chi connectivity index (χ0n) is 17.0. The van der Waals surface area contributed by atoms with Gasteiger partial charge < -0.3 is 9.72 Å². The van der Waals surface area contributed by atoms with Crippen molar-refractivity contribution >= 4 is 22.6 Å². The minimum Gasteiger partial charge on any atom is -0.489 e. The van der Waals surface area contributed by atoms with Crippen molar-refractivity contribution in [3.63, 3.8) is 0 Å². The topological polar surface area (TPSA) is 55.7 Å². The van der Waals surface area contributed by atoms with Gasteiger partial charge in [0.2, 0.25) is 0 Å². The molecule has 3 aromatic carbocycles. The summed E-state index contributed by atoms with van der Waals surface area (Å²) in [6, 6.07) is 25.8. The molecule has 0 amide bonds. The average molecular weight is 429 g/mol. The molecule has 154 valence electrons. The van der Waals surface area contributed by atoms with Crippen molar-refractivity contribution < 1.29 is 4.74 Å². The molecule has 0 aliphatic heterocycles. The number of aromatic amines is 1. The largest absolute Gasteiger partial charge is 0.489 e. The molecule has 0 aliphatic carbocycles. The van der Waals surface area contributed by atoms with E-state index in [9.17, 15) is 0 Å². The molecule has 0 spiro atoms. The molecule has 0 saturated carbocycles. The summed E-state index contributed by atoms with van der Waals surface area (Å²) in [5, 5.41) is 5.45. The van der Waals surface area contributed by atoms with Crippen LogP contribution in [0.4, 0.5) is 0 Å². The van der Waals surface area contributed by atoms with Gasteiger partial charge in [-0.3, -0.25) is 4.68 Å². The van der Waals surface area contributed by atoms with Crippen molar-refractivity contribution in [2.75, 3.05) is 0 Å². The number of H-pyrrole nitrogens is 1. The van der Waals surface area contributed by atoms with Gasteiger partial charge in [0.25, 0.3) is 0 Å². The number of nitrogens with one attached hydrogen (secondary N) is 1. The predicted molar refractivity (Wildman–Crippen MR) is 123 cm³/mol. The standard InChI is InChI=1S/C25H21ClN4O/c1-17-13-23(25-27-21-9-5-6-10-22(21)28-25)29-30(17)15-19-14-20(26)11-12-24(19)31-16-18-7-3-2-4-8-18/h2-14H,15-16H2,1H3,(H,27,28). The lowest BCUT2D eigenvalue weighted by molar-refractivity contribution is 0.302. The molecule has 5 nitrogen and oxygen atoms in total. The Labute approximate surface area is 185 Å². The van der Waals surface area contributed by atoms with Crippen LogP contribution in [0.5, 0.6) is 5.75 Å². The van der Waals surface area contributed by atoms with Gasteiger partial charge in [0.15, 0.2) is 5.82 Å². The first-order valence-electron chi connectivity index (χ1n) is 10.1. The number of ether oxygens (including phenoxy) is 1. The molecule has 31 heavy (non-hydrogen) atoms. The fourth-order valence-corrected chi connectivity index (χ4v) is 3.76. The Morgan fingerprint density at radius 3 is 2.61 bits per heavy atom. The molecule has 1 N–H and O–H groups in total. The Balaban J connectivity index is 1.41. The second kappa shape index (κ2) is 8.28. The van der Waals surface area contributed by atoms with Crippen molar-refractivity contribution in [1.29, 1.82) is 0 Å². The third-order valence-electron chi connectivity index (χ3n) is 5.19. The first-order valence-corrected chi connectivity index (χ1v) is 10.5. The molecular weight excluding hydrogens is 408 g/mol. The molecule has 0 saturated heterocycles. The van der Waals surface area contributed by atoms with Gasteiger partial charge in [-0.15, -0.1) is 0 Å². The highest BCUT2D eigenvalue weighted by Gasteiger charge is 2.13. The van der Waals surface area contributed by atoms with E-state index in [2.05, 4.69) is 9.97 Å². The maximum Gasteiger partial charge on any atom is 0.159 e. The molecule has 5 aromatic rings. The van der Waals surface area contributed by atoms with Gasteiger partial charge in [-0.05, 0) is 48.9 Å². The third kappa shape index (κ3) is 4.18. The number of hydrogen-bond donors (Lipinski definition) is 1. The Kier molecular flexibility index (Phi) is 5.18. The monoisotopic (exact) mass is 428 g/mol. The number of halogens is 1. The molecule has 0 radical (unpaired) electrons. The molecule has 0 unspecified atom stereocenters. The van der Waals surface area contributed by atoms with E-state index in [0.717, 1.165) is 45.1 Å². The molecule has 0 fully saturated rings. The Bertz CT molecular complexity index is 1310. The van der Waals surface area contributed by atoms with Gasteiger partial charge in [-0.1, -0.05) is 54.1 Å². The fraction of sp³-hybridized carbons (Fsp3) is 0.120. The SMILES string of the molecule is Cc1cc(-c2nc3ccccc3[nH]2)nn1Cc1cc(Cl)ccc1OCc1ccccc1. The summed E-state index contributed by atoms with van der Waals surface area (Å²) in [7, 11) is 0. The zero-order valence-corrected chi connectivity index (χ0v) is 17.8. The number of aryl methyl sites for hydroxylation is 1. The lowest BCUT2D eigenvalue weighted by atomic mass is 10.2. The van der Waals surface area contributed by atoms with Crippen molar-refractivity contribution in [3.05, 3.63) is 101 Å². The first-order chi connectivity index (χ1) is 15.2. The smallest absolute Gasteiger partial charge is 0.159 e. The second-order valence-corrected chi connectivity index (χ2v) is 7.89. The van der Waals surface area contributed by atoms with Crippen LogP contribution in [0.15, 0.2) is 78.9 Å². The highest BCUT2D eigenvalue weighted by Crippen LogP contribution is 2.26. The van der Waals surface area contributed by atoms with Crippen LogP contribution < -0.4 is 4.74 Å². The maximum absolute atomic E-state index is 6.29. The molecular formula is C25H21ClN4O. The Morgan fingerprint density at radius 1 is 0.968 bits per heavy atom. The van der Waals surface area contributed by atoms with E-state index >= 15 is 0 Å². The van der Waals surface area contributed by atoms with Crippen molar-refractivity contribution in [1.82, 2.24) is 19.7 Å². The Morgan fingerprint density at radius 2 is 1.77 bits per heavy atom. The third-order valence-corrected chi connectivity index (χ3v) is 5.43. The second-order valence-electron chi connectivity index (χ2n) is 7.46. The molecule has 2 aromatic heterocycles. The van der Waals surface area contributed by atoms with Crippen molar-refractivity contribution in [3.8, 4) is 17.3 Å². The number of fused-ring (bicyclic) bond motifs is 1. The van der Waals surface area contributed by atoms with Crippen LogP contribution in [0.1, 0.15) is 16.8 Å². The van der Waals surface area contributed by atoms with E-state index in [1.54, 1.807) is 0 Å². The van der Waals surface area contributed by atoms with E-state index in [1.165, 1.54) is 0 Å². The van der Waals surface area contributed by atoms with Crippen LogP contribution in [0.3, 0.4) is 0 Å². The van der Waals surface area contributed by atoms with Gasteiger partial charge in [-0.25, -0.2) is 4.98 Å². The van der Waals surface area contributed by atoms with Crippen LogP contribution in [0.25, 0.3) is 22.6 Å². The quantitative estimate of drug-likeness (QED) is 0.360. The molecule has 2 heterocycles. The van der Waals surface area contributed by atoms with E-state index in [4.69, 9.17) is 21.4 Å². The molecule has 0 atom stereocenters. The Hall–Kier alpha value is -3.57. The molecule has 0 bridgehead atoms. The number of hydrogen-bond acceptors (Lipinski definition) is 3. The van der Waals surface area contributed by atoms with Crippen molar-refractivity contribution in [2.24, 2.45) is 0 Å². The highest BCUT2D eigenvalue weighted by molar-refractivity contribution is 6.30. The normalized spacial score (nSPS) is 11.2. The molecule has 5 rings (SSSR count). The van der Waals surface area contributed by atoms with Crippen LogP contribution >= 0.6 is 11.6 Å². The zero-order chi connectivity index (χ0) is 21.2. The van der Waals surface area contributed by atoms with E-state index in [1.807, 2.05) is 90.5 Å². The maximum atomic E-state index is 6.29. The number of imidazole rings is 1. The summed E-state index contributed by atoms with van der Waals surface area (Å²) in [5.41, 5.74) is 5.86. The van der Waals surface area contributed by atoms with Crippen LogP contribution in [0.2, 0.25) is 5.02 Å². The van der Waals surface area contributed by atoms with Crippen molar-refractivity contribution in [2.45, 2.75) is 20.1 Å². The van der Waals surface area contributed by atoms with E-state index in [0.29, 0.717) is 18.2 Å². The first kappa shape index (κ1) is 19.4. The molecule has 6 heteroatoms. The van der Waals surface area contributed by atoms with Gasteiger partial charge in [0.05, 0.1) is 17.6 Å². The van der Waals surface area contributed by atoms with Gasteiger partial charge in [-0.2, -0.15) is 5.10 Å². The minimum absolute atomic E-state index is 0.498. The van der Waals surface area contributed by atoms with Gasteiger partial charge >= 0.3 is 0 Å². The number of nitrogens with zero attached hydrogens (tertiary/aromatic N) is 3. The summed E-state index contributed by atoms with van der Waals surface area (Å²) in [4.78, 5) is 8.00. The minimum atomic E-state index is 0.498. The van der Waals surface area contributed by atoms with E-state index in [-0.39, 0.29) is 0 Å². The van der Waals surface area contributed by atoms with Crippen LogP contribution in [0, 0.1) is 6.92 Å². The lowest BCUT2D eigenvalue weighted by Gasteiger charge is -2.13. The number of para-hydroxylation sites is 2. The number of aromatic nitrogens is 4. The highest BCUT2D eigenvalue weighted by atomic mass is 35.5. The molecule has 0 aliphatic rings. The summed E-state index contributed by atoms with van der Waals surface area (Å²) >= 11 is 6.29. The predicted octanol–water partition coefficient (Wildman–Crippen LogP) is 6.02. The average Bonchev–Trinajstić information content (AvgIpc) is 3.37. The van der Waals surface area contributed by atoms with E-state index < -0.39 is 0 Å². The summed E-state index contributed by atoms with van der Waals surface area (Å²) in [5.74, 6) is 1.56. The number of rotatable bonds is 6. The van der Waals surface area contributed by atoms with Crippen LogP contribution in [-0.4, -0.2) is 19.7 Å². The summed E-state index contributed by atoms with van der Waals surface area (Å²) < 4.78 is 8.05. The van der Waals surface area contributed by atoms with Gasteiger partial charge in [0, 0.05) is 16.3 Å². The van der Waals surface area contributed by atoms with Gasteiger partial charge in [0.1, 0.15) is 18.1 Å². The lowest BCUT2D eigenvalue weighted by Crippen LogP contribution is -2.06. The fourth-order valence-electron chi connectivity index (χ4n) is 3.57.